The Hall–Kier alpha value is -2.35. The number of likely N-dealkylation sites (tertiary alicyclic amines) is 1. The summed E-state index contributed by atoms with van der Waals surface area (Å²) in [7, 11) is 0. The zero-order chi connectivity index (χ0) is 18.8. The van der Waals surface area contributed by atoms with Gasteiger partial charge in [-0.15, -0.1) is 5.10 Å². The molecule has 3 heterocycles. The third kappa shape index (κ3) is 3.75. The standard InChI is InChI=1S/C18H22BrN5O2/c1-11(18(25)23-9-5-4-6-12(23)2)10-24-17(13(3)20)21-16(22-24)14-7-8-15(19)26-14/h7-8,10,12H,3-6,9,20H2,1-2H3/b11-10+. The van der Waals surface area contributed by atoms with Crippen molar-refractivity contribution in [3.8, 4) is 11.6 Å². The zero-order valence-corrected chi connectivity index (χ0v) is 16.5. The number of nitrogens with two attached hydrogens (primary N) is 1. The minimum Gasteiger partial charge on any atom is -0.446 e. The molecule has 1 amide bonds. The van der Waals surface area contributed by atoms with Crippen LogP contribution in [0.2, 0.25) is 0 Å². The van der Waals surface area contributed by atoms with Gasteiger partial charge in [0.25, 0.3) is 5.91 Å². The smallest absolute Gasteiger partial charge is 0.251 e. The Kier molecular flexibility index (Phi) is 5.31. The molecule has 1 unspecified atom stereocenters. The summed E-state index contributed by atoms with van der Waals surface area (Å²) >= 11 is 3.26. The highest BCUT2D eigenvalue weighted by molar-refractivity contribution is 9.10. The van der Waals surface area contributed by atoms with E-state index >= 15 is 0 Å². The molecule has 138 valence electrons. The van der Waals surface area contributed by atoms with Gasteiger partial charge in [0.05, 0.1) is 5.70 Å². The van der Waals surface area contributed by atoms with E-state index in [4.69, 9.17) is 10.2 Å². The molecule has 1 aliphatic heterocycles. The molecule has 8 heteroatoms. The normalized spacial score (nSPS) is 18.2. The first-order valence-corrected chi connectivity index (χ1v) is 9.32. The fourth-order valence-corrected chi connectivity index (χ4v) is 3.34. The Balaban J connectivity index is 1.92. The van der Waals surface area contributed by atoms with Crippen LogP contribution in [0.25, 0.3) is 23.5 Å². The number of piperidine rings is 1. The van der Waals surface area contributed by atoms with Crippen LogP contribution in [0.5, 0.6) is 0 Å². The fourth-order valence-electron chi connectivity index (χ4n) is 3.04. The van der Waals surface area contributed by atoms with Crippen molar-refractivity contribution < 1.29 is 9.21 Å². The van der Waals surface area contributed by atoms with Crippen molar-refractivity contribution in [2.75, 3.05) is 6.54 Å². The summed E-state index contributed by atoms with van der Waals surface area (Å²) in [5, 5.41) is 4.40. The number of carbonyl (C=O) groups is 1. The lowest BCUT2D eigenvalue weighted by atomic mass is 10.0. The molecule has 1 atom stereocenters. The molecule has 1 aliphatic rings. The van der Waals surface area contributed by atoms with E-state index in [1.807, 2.05) is 4.90 Å². The van der Waals surface area contributed by atoms with Gasteiger partial charge in [0.1, 0.15) is 0 Å². The third-order valence-corrected chi connectivity index (χ3v) is 4.86. The van der Waals surface area contributed by atoms with Gasteiger partial charge in [-0.25, -0.2) is 9.67 Å². The number of amides is 1. The summed E-state index contributed by atoms with van der Waals surface area (Å²) < 4.78 is 7.55. The Bertz CT molecular complexity index is 867. The van der Waals surface area contributed by atoms with Crippen molar-refractivity contribution in [1.82, 2.24) is 19.7 Å². The lowest BCUT2D eigenvalue weighted by molar-refractivity contribution is -0.130. The molecule has 3 rings (SSSR count). The van der Waals surface area contributed by atoms with Crippen molar-refractivity contribution in [3.05, 3.63) is 34.8 Å². The topological polar surface area (TPSA) is 90.2 Å². The van der Waals surface area contributed by atoms with Crippen LogP contribution in [0, 0.1) is 0 Å². The van der Waals surface area contributed by atoms with Crippen molar-refractivity contribution in [2.45, 2.75) is 39.2 Å². The van der Waals surface area contributed by atoms with Crippen molar-refractivity contribution in [1.29, 1.82) is 0 Å². The zero-order valence-electron chi connectivity index (χ0n) is 14.9. The average Bonchev–Trinajstić information content (AvgIpc) is 3.21. The molecule has 2 N–H and O–H groups in total. The van der Waals surface area contributed by atoms with Gasteiger partial charge in [-0.3, -0.25) is 4.79 Å². The number of carbonyl (C=O) groups excluding carboxylic acids is 1. The molecule has 1 fully saturated rings. The van der Waals surface area contributed by atoms with E-state index in [1.165, 1.54) is 4.68 Å². The molecule has 7 nitrogen and oxygen atoms in total. The second-order valence-corrected chi connectivity index (χ2v) is 7.27. The van der Waals surface area contributed by atoms with Crippen LogP contribution in [0.15, 0.2) is 33.4 Å². The first kappa shape index (κ1) is 18.4. The van der Waals surface area contributed by atoms with E-state index in [-0.39, 0.29) is 17.6 Å². The first-order valence-electron chi connectivity index (χ1n) is 8.53. The molecule has 0 radical (unpaired) electrons. The molecule has 0 aromatic carbocycles. The van der Waals surface area contributed by atoms with Crippen molar-refractivity contribution in [3.63, 3.8) is 0 Å². The molecule has 0 aliphatic carbocycles. The van der Waals surface area contributed by atoms with E-state index in [2.05, 4.69) is 39.5 Å². The summed E-state index contributed by atoms with van der Waals surface area (Å²) in [6.45, 7) is 8.38. The highest BCUT2D eigenvalue weighted by Gasteiger charge is 2.24. The molecule has 0 spiro atoms. The Labute approximate surface area is 160 Å². The van der Waals surface area contributed by atoms with Gasteiger partial charge >= 0.3 is 0 Å². The Morgan fingerprint density at radius 1 is 1.46 bits per heavy atom. The second kappa shape index (κ2) is 7.49. The number of furan rings is 1. The summed E-state index contributed by atoms with van der Waals surface area (Å²) in [4.78, 5) is 19.1. The quantitative estimate of drug-likeness (QED) is 0.765. The first-order chi connectivity index (χ1) is 12.4. The second-order valence-electron chi connectivity index (χ2n) is 6.49. The molecule has 0 bridgehead atoms. The van der Waals surface area contributed by atoms with Crippen LogP contribution in [0.4, 0.5) is 0 Å². The van der Waals surface area contributed by atoms with Crippen LogP contribution < -0.4 is 5.73 Å². The predicted molar refractivity (Wildman–Crippen MR) is 104 cm³/mol. The maximum atomic E-state index is 12.8. The SMILES string of the molecule is C=C(N)c1nc(-c2ccc(Br)o2)nn1/C=C(\C)C(=O)N1CCCCC1C. The van der Waals surface area contributed by atoms with Gasteiger partial charge in [0.15, 0.2) is 16.3 Å². The van der Waals surface area contributed by atoms with E-state index < -0.39 is 0 Å². The van der Waals surface area contributed by atoms with Gasteiger partial charge in [0.2, 0.25) is 5.82 Å². The molecular weight excluding hydrogens is 398 g/mol. The van der Waals surface area contributed by atoms with Crippen molar-refractivity contribution >= 4 is 33.7 Å². The van der Waals surface area contributed by atoms with E-state index in [9.17, 15) is 4.79 Å². The molecule has 1 saturated heterocycles. The molecular formula is C18H22BrN5O2. The highest BCUT2D eigenvalue weighted by Crippen LogP contribution is 2.24. The fraction of sp³-hybridized carbons (Fsp3) is 0.389. The summed E-state index contributed by atoms with van der Waals surface area (Å²) in [6, 6.07) is 3.76. The van der Waals surface area contributed by atoms with Crippen LogP contribution >= 0.6 is 15.9 Å². The van der Waals surface area contributed by atoms with E-state index in [0.29, 0.717) is 27.7 Å². The number of hydrogen-bond donors (Lipinski definition) is 1. The van der Waals surface area contributed by atoms with Gasteiger partial charge in [-0.05, 0) is 61.2 Å². The van der Waals surface area contributed by atoms with Gasteiger partial charge in [-0.1, -0.05) is 6.58 Å². The lowest BCUT2D eigenvalue weighted by Crippen LogP contribution is -2.42. The minimum atomic E-state index is 0.00331. The van der Waals surface area contributed by atoms with Crippen LogP contribution in [0.3, 0.4) is 0 Å². The number of aromatic nitrogens is 3. The Morgan fingerprint density at radius 3 is 2.85 bits per heavy atom. The van der Waals surface area contributed by atoms with Crippen molar-refractivity contribution in [2.24, 2.45) is 5.73 Å². The molecule has 2 aromatic heterocycles. The molecule has 2 aromatic rings. The largest absolute Gasteiger partial charge is 0.446 e. The van der Waals surface area contributed by atoms with E-state index in [1.54, 1.807) is 25.3 Å². The number of nitrogens with zero attached hydrogens (tertiary/aromatic N) is 4. The van der Waals surface area contributed by atoms with Gasteiger partial charge in [0, 0.05) is 24.4 Å². The van der Waals surface area contributed by atoms with E-state index in [0.717, 1.165) is 25.8 Å². The van der Waals surface area contributed by atoms with Crippen LogP contribution in [0.1, 0.15) is 38.9 Å². The molecule has 26 heavy (non-hydrogen) atoms. The van der Waals surface area contributed by atoms with Crippen LogP contribution in [-0.4, -0.2) is 38.2 Å². The number of halogens is 1. The third-order valence-electron chi connectivity index (χ3n) is 4.43. The van der Waals surface area contributed by atoms with Gasteiger partial charge < -0.3 is 15.1 Å². The summed E-state index contributed by atoms with van der Waals surface area (Å²) in [6.07, 6.45) is 4.88. The Morgan fingerprint density at radius 2 is 2.23 bits per heavy atom. The number of hydrogen-bond acceptors (Lipinski definition) is 5. The minimum absolute atomic E-state index is 0.00331. The van der Waals surface area contributed by atoms with Gasteiger partial charge in [-0.2, -0.15) is 0 Å². The monoisotopic (exact) mass is 419 g/mol. The summed E-state index contributed by atoms with van der Waals surface area (Å²) in [5.41, 5.74) is 6.67. The lowest BCUT2D eigenvalue weighted by Gasteiger charge is -2.33. The molecule has 0 saturated carbocycles. The predicted octanol–water partition coefficient (Wildman–Crippen LogP) is 3.49. The summed E-state index contributed by atoms with van der Waals surface area (Å²) in [5.74, 6) is 1.26. The average molecular weight is 420 g/mol. The highest BCUT2D eigenvalue weighted by atomic mass is 79.9. The number of rotatable bonds is 4. The van der Waals surface area contributed by atoms with Crippen LogP contribution in [-0.2, 0) is 4.79 Å². The maximum absolute atomic E-state index is 12.8. The maximum Gasteiger partial charge on any atom is 0.251 e.